The second-order valence-corrected chi connectivity index (χ2v) is 7.99. The topological polar surface area (TPSA) is 64.4 Å². The van der Waals surface area contributed by atoms with Crippen LogP contribution < -0.4 is 10.1 Å². The molecular formula is C21H21F4N5O2. The van der Waals surface area contributed by atoms with Gasteiger partial charge in [-0.3, -0.25) is 4.90 Å². The number of fused-ring (bicyclic) bond motifs is 2. The zero-order valence-electron chi connectivity index (χ0n) is 17.1. The molecule has 0 unspecified atom stereocenters. The molecule has 0 saturated carbocycles. The van der Waals surface area contributed by atoms with E-state index in [0.29, 0.717) is 37.7 Å². The van der Waals surface area contributed by atoms with Gasteiger partial charge in [0.05, 0.1) is 30.5 Å². The van der Waals surface area contributed by atoms with Gasteiger partial charge >= 0.3 is 6.30 Å². The van der Waals surface area contributed by atoms with Gasteiger partial charge in [0.1, 0.15) is 29.2 Å². The Morgan fingerprint density at radius 2 is 2.00 bits per heavy atom. The molecule has 2 aliphatic heterocycles. The zero-order valence-corrected chi connectivity index (χ0v) is 17.1. The Kier molecular flexibility index (Phi) is 5.17. The molecule has 0 radical (unpaired) electrons. The minimum absolute atomic E-state index is 0.0362. The summed E-state index contributed by atoms with van der Waals surface area (Å²) in [4.78, 5) is 1.99. The average Bonchev–Trinajstić information content (AvgIpc) is 3.20. The Morgan fingerprint density at radius 3 is 2.78 bits per heavy atom. The summed E-state index contributed by atoms with van der Waals surface area (Å²) >= 11 is 0. The van der Waals surface area contributed by atoms with E-state index >= 15 is 0 Å². The molecule has 1 saturated heterocycles. The molecule has 3 atom stereocenters. The number of anilines is 1. The number of ether oxygens (including phenoxy) is 2. The van der Waals surface area contributed by atoms with Crippen molar-refractivity contribution in [1.82, 2.24) is 19.9 Å². The first kappa shape index (κ1) is 21.0. The van der Waals surface area contributed by atoms with E-state index in [1.54, 1.807) is 18.2 Å². The molecule has 2 aromatic carbocycles. The van der Waals surface area contributed by atoms with E-state index in [-0.39, 0.29) is 34.0 Å². The molecule has 0 amide bonds. The van der Waals surface area contributed by atoms with Crippen molar-refractivity contribution < 1.29 is 27.0 Å². The third kappa shape index (κ3) is 3.86. The fourth-order valence-corrected chi connectivity index (χ4v) is 4.34. The number of hydrogen-bond donors (Lipinski definition) is 1. The van der Waals surface area contributed by atoms with Crippen molar-refractivity contribution in [2.45, 2.75) is 31.4 Å². The molecule has 3 aromatic rings. The van der Waals surface area contributed by atoms with Gasteiger partial charge in [0.25, 0.3) is 0 Å². The smallest absolute Gasteiger partial charge is 0.491 e. The van der Waals surface area contributed by atoms with Crippen LogP contribution in [0.25, 0.3) is 11.0 Å². The largest absolute Gasteiger partial charge is 0.521 e. The molecule has 7 nitrogen and oxygen atoms in total. The Bertz CT molecular complexity index is 1140. The van der Waals surface area contributed by atoms with Crippen LogP contribution in [-0.4, -0.2) is 58.3 Å². The van der Waals surface area contributed by atoms with Gasteiger partial charge in [-0.25, -0.2) is 4.39 Å². The van der Waals surface area contributed by atoms with E-state index in [9.17, 15) is 17.6 Å². The summed E-state index contributed by atoms with van der Waals surface area (Å²) in [6.07, 6.45) is -4.68. The maximum Gasteiger partial charge on any atom is 0.521 e. The molecule has 1 aromatic heterocycles. The lowest BCUT2D eigenvalue weighted by molar-refractivity contribution is -0.220. The number of rotatable bonds is 3. The first-order chi connectivity index (χ1) is 15.3. The van der Waals surface area contributed by atoms with Crippen molar-refractivity contribution >= 4 is 16.7 Å². The van der Waals surface area contributed by atoms with E-state index in [1.165, 1.54) is 18.2 Å². The maximum absolute atomic E-state index is 13.8. The van der Waals surface area contributed by atoms with Gasteiger partial charge in [-0.05, 0) is 25.1 Å². The number of aromatic nitrogens is 3. The van der Waals surface area contributed by atoms with E-state index in [2.05, 4.69) is 20.4 Å². The standard InChI is InChI=1S/C21H21F4N5O2/c1-12-10-29(7-8-31-12)17-11-32-18-9-13(22)5-6-14(18)19(17)26-15-3-2-4-16-20(15)28-30(27-16)21(23,24)25/h2-6,9,12,17,19,26H,7-8,10-11H2,1H3/t12-,17+,19+/m1/s1. The number of benzene rings is 2. The first-order valence-corrected chi connectivity index (χ1v) is 10.3. The van der Waals surface area contributed by atoms with Crippen molar-refractivity contribution in [3.8, 4) is 5.75 Å². The zero-order chi connectivity index (χ0) is 22.5. The molecule has 1 N–H and O–H groups in total. The van der Waals surface area contributed by atoms with E-state index < -0.39 is 12.1 Å². The maximum atomic E-state index is 13.8. The summed E-state index contributed by atoms with van der Waals surface area (Å²) in [7, 11) is 0. The third-order valence-electron chi connectivity index (χ3n) is 5.80. The SMILES string of the molecule is C[C@@H]1CN([C@H]2COc3cc(F)ccc3[C@@H]2Nc2cccc3nn(C(F)(F)F)nc23)CCO1. The molecule has 0 spiro atoms. The third-order valence-corrected chi connectivity index (χ3v) is 5.80. The summed E-state index contributed by atoms with van der Waals surface area (Å²) in [5.74, 6) is -0.0117. The number of nitrogens with one attached hydrogen (secondary N) is 1. The molecule has 0 bridgehead atoms. The second kappa shape index (κ2) is 7.89. The summed E-state index contributed by atoms with van der Waals surface area (Å²) in [6, 6.07) is 8.56. The lowest BCUT2D eigenvalue weighted by atomic mass is 9.94. The van der Waals surface area contributed by atoms with Gasteiger partial charge in [0, 0.05) is 24.7 Å². The number of halogens is 4. The van der Waals surface area contributed by atoms with Crippen molar-refractivity contribution in [3.63, 3.8) is 0 Å². The van der Waals surface area contributed by atoms with Crippen LogP contribution in [0.3, 0.4) is 0 Å². The predicted molar refractivity (Wildman–Crippen MR) is 108 cm³/mol. The summed E-state index contributed by atoms with van der Waals surface area (Å²) in [5.41, 5.74) is 1.36. The molecular weight excluding hydrogens is 430 g/mol. The molecule has 0 aliphatic carbocycles. The summed E-state index contributed by atoms with van der Waals surface area (Å²) in [5, 5.41) is 10.6. The molecule has 11 heteroatoms. The summed E-state index contributed by atoms with van der Waals surface area (Å²) in [6.45, 7) is 4.21. The van der Waals surface area contributed by atoms with Gasteiger partial charge < -0.3 is 14.8 Å². The highest BCUT2D eigenvalue weighted by Gasteiger charge is 2.38. The average molecular weight is 451 g/mol. The second-order valence-electron chi connectivity index (χ2n) is 7.99. The number of alkyl halides is 3. The molecule has 32 heavy (non-hydrogen) atoms. The fourth-order valence-electron chi connectivity index (χ4n) is 4.34. The van der Waals surface area contributed by atoms with Crippen LogP contribution in [0.15, 0.2) is 36.4 Å². The van der Waals surface area contributed by atoms with Crippen molar-refractivity contribution in [1.29, 1.82) is 0 Å². The van der Waals surface area contributed by atoms with Gasteiger partial charge in [0.2, 0.25) is 0 Å². The minimum atomic E-state index is -4.72. The summed E-state index contributed by atoms with van der Waals surface area (Å²) < 4.78 is 64.8. The molecule has 2 aliphatic rings. The number of morpholine rings is 1. The number of hydrogen-bond acceptors (Lipinski definition) is 6. The highest BCUT2D eigenvalue weighted by molar-refractivity contribution is 5.87. The Balaban J connectivity index is 1.55. The molecule has 1 fully saturated rings. The van der Waals surface area contributed by atoms with Crippen LogP contribution in [-0.2, 0) is 11.0 Å². The van der Waals surface area contributed by atoms with E-state index in [4.69, 9.17) is 9.47 Å². The highest BCUT2D eigenvalue weighted by atomic mass is 19.4. The van der Waals surface area contributed by atoms with Crippen molar-refractivity contribution in [2.24, 2.45) is 0 Å². The van der Waals surface area contributed by atoms with Crippen molar-refractivity contribution in [2.75, 3.05) is 31.6 Å². The van der Waals surface area contributed by atoms with Gasteiger partial charge in [-0.15, -0.1) is 23.4 Å². The van der Waals surface area contributed by atoms with Gasteiger partial charge in [-0.2, -0.15) is 0 Å². The quantitative estimate of drug-likeness (QED) is 0.613. The lowest BCUT2D eigenvalue weighted by Gasteiger charge is -2.44. The Hall–Kier alpha value is -2.92. The van der Waals surface area contributed by atoms with Gasteiger partial charge in [-0.1, -0.05) is 16.9 Å². The van der Waals surface area contributed by atoms with Crippen LogP contribution in [0.4, 0.5) is 23.2 Å². The first-order valence-electron chi connectivity index (χ1n) is 10.3. The van der Waals surface area contributed by atoms with Gasteiger partial charge in [0.15, 0.2) is 0 Å². The van der Waals surface area contributed by atoms with Crippen molar-refractivity contribution in [3.05, 3.63) is 47.8 Å². The number of nitrogens with zero attached hydrogens (tertiary/aromatic N) is 4. The fraction of sp³-hybridized carbons (Fsp3) is 0.429. The van der Waals surface area contributed by atoms with Crippen LogP contribution in [0.5, 0.6) is 5.75 Å². The predicted octanol–water partition coefficient (Wildman–Crippen LogP) is 3.68. The van der Waals surface area contributed by atoms with E-state index in [0.717, 1.165) is 5.56 Å². The van der Waals surface area contributed by atoms with Crippen LogP contribution >= 0.6 is 0 Å². The van der Waals surface area contributed by atoms with Crippen LogP contribution in [0, 0.1) is 5.82 Å². The Labute approximate surface area is 180 Å². The minimum Gasteiger partial charge on any atom is -0.491 e. The van der Waals surface area contributed by atoms with E-state index in [1.807, 2.05) is 6.92 Å². The molecule has 3 heterocycles. The Morgan fingerprint density at radius 1 is 1.16 bits per heavy atom. The lowest BCUT2D eigenvalue weighted by Crippen LogP contribution is -2.54. The monoisotopic (exact) mass is 451 g/mol. The highest BCUT2D eigenvalue weighted by Crippen LogP contribution is 2.38. The van der Waals surface area contributed by atoms with Crippen LogP contribution in [0.2, 0.25) is 0 Å². The molecule has 5 rings (SSSR count). The molecule has 170 valence electrons. The normalized spacial score (nSPS) is 24.2. The van der Waals surface area contributed by atoms with Crippen LogP contribution in [0.1, 0.15) is 18.5 Å².